The lowest BCUT2D eigenvalue weighted by molar-refractivity contribution is 0.174. The Labute approximate surface area is 104 Å². The predicted octanol–water partition coefficient (Wildman–Crippen LogP) is 2.49. The first kappa shape index (κ1) is 10.7. The van der Waals surface area contributed by atoms with E-state index in [1.54, 1.807) is 24.4 Å². The number of nitrogens with two attached hydrogens (primary N) is 1. The van der Waals surface area contributed by atoms with Gasteiger partial charge in [0.1, 0.15) is 5.75 Å². The zero-order chi connectivity index (χ0) is 12.5. The number of ether oxygens (including phenoxy) is 3. The predicted molar refractivity (Wildman–Crippen MR) is 66.0 cm³/mol. The number of aromatic nitrogens is 1. The minimum absolute atomic E-state index is 0.240. The second kappa shape index (κ2) is 4.10. The Kier molecular flexibility index (Phi) is 2.44. The van der Waals surface area contributed by atoms with Gasteiger partial charge >= 0.3 is 0 Å². The normalized spacial score (nSPS) is 12.5. The van der Waals surface area contributed by atoms with Crippen molar-refractivity contribution < 1.29 is 14.2 Å². The van der Waals surface area contributed by atoms with Gasteiger partial charge in [0.15, 0.2) is 11.5 Å². The number of nitrogens with zero attached hydrogens (tertiary/aromatic N) is 1. The number of rotatable bonds is 2. The molecule has 1 aliphatic rings. The van der Waals surface area contributed by atoms with Crippen molar-refractivity contribution in [3.8, 4) is 23.1 Å². The van der Waals surface area contributed by atoms with Gasteiger partial charge in [-0.2, -0.15) is 0 Å². The first-order valence-corrected chi connectivity index (χ1v) is 5.52. The van der Waals surface area contributed by atoms with Crippen LogP contribution in [0.5, 0.6) is 23.1 Å². The Bertz CT molecular complexity index is 599. The molecule has 92 valence electrons. The highest BCUT2D eigenvalue weighted by molar-refractivity contribution is 5.53. The number of fused-ring (bicyclic) bond motifs is 1. The topological polar surface area (TPSA) is 66.6 Å². The van der Waals surface area contributed by atoms with Gasteiger partial charge in [0, 0.05) is 12.3 Å². The van der Waals surface area contributed by atoms with E-state index in [0.717, 1.165) is 5.56 Å². The average molecular weight is 244 g/mol. The van der Waals surface area contributed by atoms with E-state index in [4.69, 9.17) is 19.9 Å². The van der Waals surface area contributed by atoms with Crippen LogP contribution in [-0.2, 0) is 0 Å². The molecule has 2 N–H and O–H groups in total. The molecule has 0 radical (unpaired) electrons. The number of hydrogen-bond donors (Lipinski definition) is 1. The lowest BCUT2D eigenvalue weighted by Gasteiger charge is -2.08. The molecule has 18 heavy (non-hydrogen) atoms. The maximum atomic E-state index is 5.84. The van der Waals surface area contributed by atoms with Crippen LogP contribution in [0, 0.1) is 6.92 Å². The quantitative estimate of drug-likeness (QED) is 0.879. The van der Waals surface area contributed by atoms with Gasteiger partial charge in [-0.3, -0.25) is 0 Å². The summed E-state index contributed by atoms with van der Waals surface area (Å²) in [6, 6.07) is 7.15. The molecule has 0 spiro atoms. The second-order valence-electron chi connectivity index (χ2n) is 4.02. The molecule has 0 saturated carbocycles. The third-order valence-electron chi connectivity index (χ3n) is 2.57. The van der Waals surface area contributed by atoms with E-state index < -0.39 is 0 Å². The molecule has 0 saturated heterocycles. The molecule has 0 unspecified atom stereocenters. The fourth-order valence-electron chi connectivity index (χ4n) is 1.72. The zero-order valence-electron chi connectivity index (χ0n) is 9.84. The summed E-state index contributed by atoms with van der Waals surface area (Å²) in [5, 5.41) is 0. The second-order valence-corrected chi connectivity index (χ2v) is 4.02. The van der Waals surface area contributed by atoms with E-state index in [2.05, 4.69) is 4.98 Å². The summed E-state index contributed by atoms with van der Waals surface area (Å²) in [5.41, 5.74) is 7.34. The number of nitrogen functional groups attached to an aromatic ring is 1. The molecule has 5 heteroatoms. The Morgan fingerprint density at radius 3 is 2.89 bits per heavy atom. The van der Waals surface area contributed by atoms with E-state index in [9.17, 15) is 0 Å². The van der Waals surface area contributed by atoms with E-state index >= 15 is 0 Å². The summed E-state index contributed by atoms with van der Waals surface area (Å²) in [7, 11) is 0. The molecule has 2 aromatic rings. The number of pyridine rings is 1. The molecule has 0 bridgehead atoms. The molecule has 2 heterocycles. The first-order chi connectivity index (χ1) is 8.72. The van der Waals surface area contributed by atoms with Crippen LogP contribution in [0.25, 0.3) is 0 Å². The van der Waals surface area contributed by atoms with Gasteiger partial charge in [-0.15, -0.1) is 0 Å². The van der Waals surface area contributed by atoms with Crippen LogP contribution in [0.2, 0.25) is 0 Å². The van der Waals surface area contributed by atoms with Crippen molar-refractivity contribution in [3.63, 3.8) is 0 Å². The molecule has 5 nitrogen and oxygen atoms in total. The molecule has 0 atom stereocenters. The van der Waals surface area contributed by atoms with Crippen LogP contribution in [0.15, 0.2) is 30.5 Å². The monoisotopic (exact) mass is 244 g/mol. The third-order valence-corrected chi connectivity index (χ3v) is 2.57. The minimum Gasteiger partial charge on any atom is -0.454 e. The molecule has 1 aromatic heterocycles. The van der Waals surface area contributed by atoms with Crippen LogP contribution in [0.3, 0.4) is 0 Å². The molecular formula is C13H12N2O3. The fourth-order valence-corrected chi connectivity index (χ4v) is 1.72. The third kappa shape index (κ3) is 1.90. The smallest absolute Gasteiger partial charge is 0.242 e. The van der Waals surface area contributed by atoms with Crippen molar-refractivity contribution in [3.05, 3.63) is 36.0 Å². The van der Waals surface area contributed by atoms with E-state index in [-0.39, 0.29) is 6.79 Å². The van der Waals surface area contributed by atoms with Crippen LogP contribution in [-0.4, -0.2) is 11.8 Å². The minimum atomic E-state index is 0.240. The van der Waals surface area contributed by atoms with E-state index in [1.165, 1.54) is 0 Å². The van der Waals surface area contributed by atoms with E-state index in [0.29, 0.717) is 28.8 Å². The highest BCUT2D eigenvalue weighted by atomic mass is 16.7. The van der Waals surface area contributed by atoms with Gasteiger partial charge in [0.05, 0.1) is 5.69 Å². The number of anilines is 1. The first-order valence-electron chi connectivity index (χ1n) is 5.52. The molecule has 3 rings (SSSR count). The molecule has 1 aliphatic heterocycles. The van der Waals surface area contributed by atoms with Crippen molar-refractivity contribution >= 4 is 5.69 Å². The number of hydrogen-bond acceptors (Lipinski definition) is 5. The van der Waals surface area contributed by atoms with Crippen LogP contribution in [0.1, 0.15) is 5.56 Å². The van der Waals surface area contributed by atoms with Gasteiger partial charge in [-0.25, -0.2) is 4.98 Å². The molecule has 0 fully saturated rings. The Morgan fingerprint density at radius 2 is 2.06 bits per heavy atom. The summed E-state index contributed by atoms with van der Waals surface area (Å²) in [5.74, 6) is 2.38. The van der Waals surface area contributed by atoms with Crippen molar-refractivity contribution in [2.24, 2.45) is 0 Å². The van der Waals surface area contributed by atoms with Gasteiger partial charge in [0.25, 0.3) is 0 Å². The molecule has 1 aromatic carbocycles. The summed E-state index contributed by atoms with van der Waals surface area (Å²) < 4.78 is 16.1. The van der Waals surface area contributed by atoms with Crippen LogP contribution >= 0.6 is 0 Å². The van der Waals surface area contributed by atoms with Crippen molar-refractivity contribution in [1.29, 1.82) is 0 Å². The maximum absolute atomic E-state index is 5.84. The lowest BCUT2D eigenvalue weighted by atomic mass is 10.3. The highest BCUT2D eigenvalue weighted by Crippen LogP contribution is 2.37. The van der Waals surface area contributed by atoms with Gasteiger partial charge in [-0.05, 0) is 30.7 Å². The van der Waals surface area contributed by atoms with Crippen molar-refractivity contribution in [2.45, 2.75) is 6.92 Å². The Balaban J connectivity index is 1.88. The van der Waals surface area contributed by atoms with Gasteiger partial charge in [-0.1, -0.05) is 0 Å². The highest BCUT2D eigenvalue weighted by Gasteiger charge is 2.14. The van der Waals surface area contributed by atoms with Gasteiger partial charge in [0.2, 0.25) is 12.7 Å². The van der Waals surface area contributed by atoms with Crippen molar-refractivity contribution in [2.75, 3.05) is 12.5 Å². The summed E-state index contributed by atoms with van der Waals surface area (Å²) in [6.45, 7) is 2.16. The lowest BCUT2D eigenvalue weighted by Crippen LogP contribution is -1.95. The van der Waals surface area contributed by atoms with Crippen LogP contribution < -0.4 is 19.9 Å². The Morgan fingerprint density at radius 1 is 1.22 bits per heavy atom. The average Bonchev–Trinajstić information content (AvgIpc) is 2.80. The largest absolute Gasteiger partial charge is 0.454 e. The summed E-state index contributed by atoms with van der Waals surface area (Å²) >= 11 is 0. The summed E-state index contributed by atoms with van der Waals surface area (Å²) in [6.07, 6.45) is 1.71. The molecule has 0 amide bonds. The SMILES string of the molecule is Cc1cnc(Oc2ccc3c(c2)OCO3)c(N)c1. The number of aryl methyl sites for hydroxylation is 1. The maximum Gasteiger partial charge on any atom is 0.242 e. The number of benzene rings is 1. The van der Waals surface area contributed by atoms with E-state index in [1.807, 2.05) is 13.0 Å². The zero-order valence-corrected chi connectivity index (χ0v) is 9.84. The standard InChI is InChI=1S/C13H12N2O3/c1-8-4-10(14)13(15-6-8)18-9-2-3-11-12(5-9)17-7-16-11/h2-6H,7,14H2,1H3. The van der Waals surface area contributed by atoms with Crippen LogP contribution in [0.4, 0.5) is 5.69 Å². The van der Waals surface area contributed by atoms with Gasteiger partial charge < -0.3 is 19.9 Å². The summed E-state index contributed by atoms with van der Waals surface area (Å²) in [4.78, 5) is 4.15. The molecular weight excluding hydrogens is 232 g/mol. The molecule has 0 aliphatic carbocycles. The van der Waals surface area contributed by atoms with Crippen molar-refractivity contribution in [1.82, 2.24) is 4.98 Å². The fraction of sp³-hybridized carbons (Fsp3) is 0.154. The Hall–Kier alpha value is -2.43.